The number of nitrogens with zero attached hydrogens (tertiary/aromatic N) is 4. The minimum Gasteiger partial charge on any atom is -0.478 e. The van der Waals surface area contributed by atoms with Crippen molar-refractivity contribution in [1.29, 1.82) is 0 Å². The van der Waals surface area contributed by atoms with Gasteiger partial charge in [-0.25, -0.2) is 9.99 Å². The van der Waals surface area contributed by atoms with Gasteiger partial charge in [0.1, 0.15) is 5.69 Å². The van der Waals surface area contributed by atoms with Crippen LogP contribution in [0.4, 0.5) is 10.8 Å². The van der Waals surface area contributed by atoms with Crippen molar-refractivity contribution >= 4 is 33.8 Å². The predicted molar refractivity (Wildman–Crippen MR) is 110 cm³/mol. The topological polar surface area (TPSA) is 99.4 Å². The third kappa shape index (κ3) is 4.00. The molecule has 2 aromatic carbocycles. The molecule has 9 heteroatoms. The molecule has 3 aromatic rings. The molecule has 1 aliphatic rings. The maximum atomic E-state index is 12.1. The van der Waals surface area contributed by atoms with E-state index in [2.05, 4.69) is 20.8 Å². The molecule has 0 fully saturated rings. The minimum atomic E-state index is -0.448. The summed E-state index contributed by atoms with van der Waals surface area (Å²) in [4.78, 5) is 21.5. The number of nitrogens with one attached hydrogen (secondary N) is 1. The number of aryl methyl sites for hydroxylation is 2. The second-order valence-electron chi connectivity index (χ2n) is 6.40. The molecule has 2 heterocycles. The highest BCUT2D eigenvalue weighted by Crippen LogP contribution is 2.33. The number of rotatable bonds is 4. The summed E-state index contributed by atoms with van der Waals surface area (Å²) < 4.78 is 0. The Morgan fingerprint density at radius 1 is 1.10 bits per heavy atom. The summed E-state index contributed by atoms with van der Waals surface area (Å²) in [5.41, 5.74) is 6.81. The monoisotopic (exact) mass is 407 g/mol. The number of carbonyl (C=O) groups is 1. The first kappa shape index (κ1) is 18.8. The molecule has 146 valence electrons. The molecular formula is C20H17N5O3S. The van der Waals surface area contributed by atoms with E-state index in [1.807, 2.05) is 50.2 Å². The Bertz CT molecular complexity index is 1100. The van der Waals surface area contributed by atoms with Gasteiger partial charge in [-0.1, -0.05) is 41.0 Å². The third-order valence-corrected chi connectivity index (χ3v) is 4.94. The molecule has 0 unspecified atom stereocenters. The Balaban J connectivity index is 1.54. The average molecular weight is 407 g/mol. The molecule has 0 bridgehead atoms. The molecule has 0 aliphatic carbocycles. The van der Waals surface area contributed by atoms with E-state index in [4.69, 9.17) is 4.84 Å². The van der Waals surface area contributed by atoms with Crippen LogP contribution in [0, 0.1) is 13.8 Å². The highest BCUT2D eigenvalue weighted by molar-refractivity contribution is 7.13. The van der Waals surface area contributed by atoms with Gasteiger partial charge < -0.3 is 9.94 Å². The first-order valence-corrected chi connectivity index (χ1v) is 9.60. The normalized spacial score (nSPS) is 13.9. The molecule has 1 amide bonds. The molecule has 0 saturated heterocycles. The fourth-order valence-electron chi connectivity index (χ4n) is 2.64. The summed E-state index contributed by atoms with van der Waals surface area (Å²) in [6.45, 7) is 3.93. The lowest BCUT2D eigenvalue weighted by Crippen LogP contribution is -2.30. The van der Waals surface area contributed by atoms with Gasteiger partial charge in [0, 0.05) is 10.9 Å². The first-order valence-electron chi connectivity index (χ1n) is 8.72. The Morgan fingerprint density at radius 2 is 1.76 bits per heavy atom. The van der Waals surface area contributed by atoms with Gasteiger partial charge in [0.25, 0.3) is 5.91 Å². The molecule has 29 heavy (non-hydrogen) atoms. The zero-order valence-corrected chi connectivity index (χ0v) is 16.5. The number of amides is 1. The molecule has 0 spiro atoms. The van der Waals surface area contributed by atoms with Gasteiger partial charge in [-0.15, -0.1) is 21.6 Å². The molecule has 0 atom stereocenters. The molecule has 1 aromatic heterocycles. The van der Waals surface area contributed by atoms with Crippen molar-refractivity contribution in [3.63, 3.8) is 0 Å². The second-order valence-corrected chi connectivity index (χ2v) is 7.24. The summed E-state index contributed by atoms with van der Waals surface area (Å²) in [7, 11) is 0. The molecule has 1 aliphatic heterocycles. The third-order valence-electron chi connectivity index (χ3n) is 4.21. The fourth-order valence-corrected chi connectivity index (χ4v) is 3.26. The van der Waals surface area contributed by atoms with E-state index in [0.29, 0.717) is 17.0 Å². The summed E-state index contributed by atoms with van der Waals surface area (Å²) in [6, 6.07) is 14.7. The van der Waals surface area contributed by atoms with E-state index in [1.165, 1.54) is 11.3 Å². The van der Waals surface area contributed by atoms with E-state index < -0.39 is 5.91 Å². The van der Waals surface area contributed by atoms with E-state index in [0.717, 1.165) is 16.8 Å². The fraction of sp³-hybridized carbons (Fsp3) is 0.100. The number of aliphatic hydroxyl groups is 1. The Labute approximate surface area is 170 Å². The summed E-state index contributed by atoms with van der Waals surface area (Å²) in [6.07, 6.45) is 0. The van der Waals surface area contributed by atoms with Gasteiger partial charge >= 0.3 is 5.95 Å². The lowest BCUT2D eigenvalue weighted by Gasteiger charge is -2.17. The molecular weight excluding hydrogens is 390 g/mol. The van der Waals surface area contributed by atoms with Crippen molar-refractivity contribution in [2.24, 2.45) is 10.2 Å². The van der Waals surface area contributed by atoms with E-state index in [9.17, 15) is 9.90 Å². The van der Waals surface area contributed by atoms with Crippen LogP contribution in [0.5, 0.6) is 0 Å². The van der Waals surface area contributed by atoms with Crippen molar-refractivity contribution in [1.82, 2.24) is 10.6 Å². The van der Waals surface area contributed by atoms with Crippen LogP contribution in [0.3, 0.4) is 0 Å². The summed E-state index contributed by atoms with van der Waals surface area (Å²) in [5, 5.41) is 21.4. The van der Waals surface area contributed by atoms with Crippen molar-refractivity contribution in [2.75, 3.05) is 5.01 Å². The van der Waals surface area contributed by atoms with Crippen molar-refractivity contribution in [2.45, 2.75) is 13.8 Å². The van der Waals surface area contributed by atoms with Crippen LogP contribution >= 0.6 is 11.3 Å². The van der Waals surface area contributed by atoms with Gasteiger partial charge in [-0.3, -0.25) is 4.79 Å². The smallest absolute Gasteiger partial charge is 0.327 e. The quantitative estimate of drug-likeness (QED) is 0.601. The number of hydrogen-bond acceptors (Lipinski definition) is 8. The van der Waals surface area contributed by atoms with E-state index in [1.54, 1.807) is 22.5 Å². The second kappa shape index (κ2) is 7.82. The zero-order chi connectivity index (χ0) is 20.4. The number of hydrogen-bond donors (Lipinski definition) is 2. The zero-order valence-electron chi connectivity index (χ0n) is 15.7. The number of carbonyl (C=O) groups excluding carboxylic acids is 1. The number of azo groups is 1. The Morgan fingerprint density at radius 3 is 2.45 bits per heavy atom. The maximum Gasteiger partial charge on any atom is 0.327 e. The standard InChI is InChI=1S/C20H17N5O3S/c1-12-3-7-14(8-4-12)18(26)22-23-20-21-16(11-29-20)17-19(27)28-24-25(17)15-9-5-13(2)6-10-15/h3-11,24,27H,1-2H3. The van der Waals surface area contributed by atoms with Crippen LogP contribution in [0.15, 0.2) is 70.1 Å². The van der Waals surface area contributed by atoms with Gasteiger partial charge in [-0.2, -0.15) is 0 Å². The van der Waals surface area contributed by atoms with Crippen molar-refractivity contribution in [3.05, 3.63) is 82.2 Å². The molecule has 8 nitrogen and oxygen atoms in total. The number of anilines is 1. The van der Waals surface area contributed by atoms with E-state index >= 15 is 0 Å². The molecule has 4 rings (SSSR count). The Kier molecular flexibility index (Phi) is 5.07. The van der Waals surface area contributed by atoms with Gasteiger partial charge in [0.05, 0.1) is 5.69 Å². The van der Waals surface area contributed by atoms with Crippen LogP contribution in [-0.4, -0.2) is 16.0 Å². The minimum absolute atomic E-state index is 0.288. The van der Waals surface area contributed by atoms with Crippen LogP contribution in [0.1, 0.15) is 27.2 Å². The summed E-state index contributed by atoms with van der Waals surface area (Å²) >= 11 is 1.20. The SMILES string of the molecule is Cc1ccc(C(=O)N=Nc2nc(C3=C(O)ONN3c3ccc(C)cc3)cs2)cc1. The Hall–Kier alpha value is -3.56. The van der Waals surface area contributed by atoms with E-state index in [-0.39, 0.29) is 11.1 Å². The van der Waals surface area contributed by atoms with Gasteiger partial charge in [-0.05, 0) is 38.1 Å². The molecule has 0 saturated carbocycles. The lowest BCUT2D eigenvalue weighted by molar-refractivity contribution is 0.0461. The van der Waals surface area contributed by atoms with Crippen LogP contribution in [0.25, 0.3) is 5.70 Å². The van der Waals surface area contributed by atoms with Crippen LogP contribution < -0.4 is 10.6 Å². The number of hydrazine groups is 1. The highest BCUT2D eigenvalue weighted by Gasteiger charge is 2.29. The van der Waals surface area contributed by atoms with Crippen molar-refractivity contribution in [3.8, 4) is 0 Å². The number of aliphatic hydroxyl groups excluding tert-OH is 1. The summed E-state index contributed by atoms with van der Waals surface area (Å²) in [5.74, 6) is -0.758. The highest BCUT2D eigenvalue weighted by atomic mass is 32.1. The molecule has 2 N–H and O–H groups in total. The lowest BCUT2D eigenvalue weighted by atomic mass is 10.1. The maximum absolute atomic E-state index is 12.1. The number of thiazole rings is 1. The predicted octanol–water partition coefficient (Wildman–Crippen LogP) is 4.82. The average Bonchev–Trinajstić information content (AvgIpc) is 3.33. The van der Waals surface area contributed by atoms with Crippen LogP contribution in [0.2, 0.25) is 0 Å². The van der Waals surface area contributed by atoms with Gasteiger partial charge in [0.2, 0.25) is 5.13 Å². The first-order chi connectivity index (χ1) is 14.0. The largest absolute Gasteiger partial charge is 0.478 e. The number of benzene rings is 2. The van der Waals surface area contributed by atoms with Gasteiger partial charge in [0.15, 0.2) is 5.70 Å². The van der Waals surface area contributed by atoms with Crippen molar-refractivity contribution < 1.29 is 14.7 Å². The number of aromatic nitrogens is 1. The molecule has 0 radical (unpaired) electrons. The van der Waals surface area contributed by atoms with Crippen LogP contribution in [-0.2, 0) is 4.84 Å².